The summed E-state index contributed by atoms with van der Waals surface area (Å²) in [4.78, 5) is 0. The van der Waals surface area contributed by atoms with Crippen molar-refractivity contribution in [1.29, 1.82) is 0 Å². The first-order valence-corrected chi connectivity index (χ1v) is 7.45. The van der Waals surface area contributed by atoms with Gasteiger partial charge in [-0.05, 0) is 56.6 Å². The fraction of sp³-hybridized carbons (Fsp3) is 0.647. The van der Waals surface area contributed by atoms with Crippen LogP contribution in [0.4, 0.5) is 0 Å². The van der Waals surface area contributed by atoms with Gasteiger partial charge in [0.2, 0.25) is 0 Å². The predicted octanol–water partition coefficient (Wildman–Crippen LogP) is 4.27. The molecule has 0 amide bonds. The Morgan fingerprint density at radius 1 is 1.28 bits per heavy atom. The molecule has 1 aromatic carbocycles. The monoisotopic (exact) mass is 245 g/mol. The number of rotatable bonds is 5. The molecule has 0 saturated carbocycles. The summed E-state index contributed by atoms with van der Waals surface area (Å²) in [5.74, 6) is 0.714. The molecule has 0 saturated heterocycles. The standard InChI is InChI=1S/C17H27N/c1-4-12-17(2,3)18-13-15-10-7-9-14-8-5-6-11-16(14)15/h5-6,8,11,15,18H,4,7,9-10,12-13H2,1-3H3. The molecule has 1 N–H and O–H groups in total. The molecule has 0 aliphatic heterocycles. The van der Waals surface area contributed by atoms with Gasteiger partial charge in [-0.15, -0.1) is 0 Å². The summed E-state index contributed by atoms with van der Waals surface area (Å²) in [6.45, 7) is 8.04. The number of benzene rings is 1. The van der Waals surface area contributed by atoms with E-state index in [9.17, 15) is 0 Å². The zero-order valence-electron chi connectivity index (χ0n) is 12.1. The first kappa shape index (κ1) is 13.6. The first-order valence-electron chi connectivity index (χ1n) is 7.45. The maximum atomic E-state index is 3.77. The number of fused-ring (bicyclic) bond motifs is 1. The molecular weight excluding hydrogens is 218 g/mol. The average Bonchev–Trinajstić information content (AvgIpc) is 2.36. The highest BCUT2D eigenvalue weighted by atomic mass is 15.0. The molecule has 0 fully saturated rings. The largest absolute Gasteiger partial charge is 0.311 e. The normalized spacial score (nSPS) is 19.6. The summed E-state index contributed by atoms with van der Waals surface area (Å²) in [5, 5.41) is 3.77. The number of hydrogen-bond donors (Lipinski definition) is 1. The van der Waals surface area contributed by atoms with Crippen LogP contribution in [0, 0.1) is 0 Å². The van der Waals surface area contributed by atoms with Crippen molar-refractivity contribution in [3.63, 3.8) is 0 Å². The van der Waals surface area contributed by atoms with Gasteiger partial charge >= 0.3 is 0 Å². The van der Waals surface area contributed by atoms with Crippen LogP contribution in [0.1, 0.15) is 63.5 Å². The Hall–Kier alpha value is -0.820. The summed E-state index contributed by atoms with van der Waals surface area (Å²) in [5.41, 5.74) is 3.44. The Bertz CT molecular complexity index is 381. The highest BCUT2D eigenvalue weighted by molar-refractivity contribution is 5.32. The molecule has 100 valence electrons. The van der Waals surface area contributed by atoms with Crippen LogP contribution in [0.5, 0.6) is 0 Å². The van der Waals surface area contributed by atoms with Crippen LogP contribution in [-0.4, -0.2) is 12.1 Å². The minimum absolute atomic E-state index is 0.279. The highest BCUT2D eigenvalue weighted by Gasteiger charge is 2.22. The fourth-order valence-corrected chi connectivity index (χ4v) is 3.18. The Labute approximate surface area is 112 Å². The first-order chi connectivity index (χ1) is 8.62. The van der Waals surface area contributed by atoms with E-state index in [1.165, 1.54) is 32.1 Å². The van der Waals surface area contributed by atoms with Crippen molar-refractivity contribution in [3.05, 3.63) is 35.4 Å². The summed E-state index contributed by atoms with van der Waals surface area (Å²) < 4.78 is 0. The van der Waals surface area contributed by atoms with E-state index in [2.05, 4.69) is 50.4 Å². The quantitative estimate of drug-likeness (QED) is 0.816. The van der Waals surface area contributed by atoms with Gasteiger partial charge in [-0.3, -0.25) is 0 Å². The van der Waals surface area contributed by atoms with Crippen molar-refractivity contribution in [3.8, 4) is 0 Å². The van der Waals surface area contributed by atoms with Gasteiger partial charge in [-0.25, -0.2) is 0 Å². The van der Waals surface area contributed by atoms with Crippen molar-refractivity contribution < 1.29 is 0 Å². The predicted molar refractivity (Wildman–Crippen MR) is 79.1 cm³/mol. The minimum atomic E-state index is 0.279. The Morgan fingerprint density at radius 2 is 2.06 bits per heavy atom. The zero-order valence-corrected chi connectivity index (χ0v) is 12.1. The molecule has 1 aromatic rings. The number of aryl methyl sites for hydroxylation is 1. The third kappa shape index (κ3) is 3.35. The second-order valence-electron chi connectivity index (χ2n) is 6.30. The van der Waals surface area contributed by atoms with Crippen molar-refractivity contribution in [2.45, 2.75) is 64.3 Å². The third-order valence-electron chi connectivity index (χ3n) is 4.20. The molecule has 0 aromatic heterocycles. The molecule has 18 heavy (non-hydrogen) atoms. The van der Waals surface area contributed by atoms with E-state index >= 15 is 0 Å². The fourth-order valence-electron chi connectivity index (χ4n) is 3.18. The van der Waals surface area contributed by atoms with Gasteiger partial charge in [0.1, 0.15) is 0 Å². The van der Waals surface area contributed by atoms with Crippen LogP contribution < -0.4 is 5.32 Å². The summed E-state index contributed by atoms with van der Waals surface area (Å²) in [6, 6.07) is 9.00. The van der Waals surface area contributed by atoms with Crippen LogP contribution in [0.25, 0.3) is 0 Å². The van der Waals surface area contributed by atoms with E-state index in [0.29, 0.717) is 5.92 Å². The van der Waals surface area contributed by atoms with Crippen LogP contribution in [0.2, 0.25) is 0 Å². The topological polar surface area (TPSA) is 12.0 Å². The molecule has 0 spiro atoms. The van der Waals surface area contributed by atoms with E-state index in [0.717, 1.165) is 6.54 Å². The Kier molecular flexibility index (Phi) is 4.45. The van der Waals surface area contributed by atoms with E-state index in [4.69, 9.17) is 0 Å². The Morgan fingerprint density at radius 3 is 2.83 bits per heavy atom. The van der Waals surface area contributed by atoms with Crippen molar-refractivity contribution in [2.24, 2.45) is 0 Å². The third-order valence-corrected chi connectivity index (χ3v) is 4.20. The molecule has 0 bridgehead atoms. The lowest BCUT2D eigenvalue weighted by Crippen LogP contribution is -2.41. The molecule has 1 aliphatic rings. The lowest BCUT2D eigenvalue weighted by Gasteiger charge is -2.31. The van der Waals surface area contributed by atoms with Gasteiger partial charge in [-0.2, -0.15) is 0 Å². The van der Waals surface area contributed by atoms with Crippen molar-refractivity contribution in [1.82, 2.24) is 5.32 Å². The van der Waals surface area contributed by atoms with Gasteiger partial charge in [0, 0.05) is 12.1 Å². The maximum absolute atomic E-state index is 3.77. The van der Waals surface area contributed by atoms with E-state index in [1.807, 2.05) is 0 Å². The summed E-state index contributed by atoms with van der Waals surface area (Å²) in [7, 11) is 0. The molecule has 0 radical (unpaired) electrons. The van der Waals surface area contributed by atoms with Gasteiger partial charge in [0.15, 0.2) is 0 Å². The maximum Gasteiger partial charge on any atom is 0.0125 e. The van der Waals surface area contributed by atoms with E-state index < -0.39 is 0 Å². The molecule has 2 rings (SSSR count). The second-order valence-corrected chi connectivity index (χ2v) is 6.30. The smallest absolute Gasteiger partial charge is 0.0125 e. The number of nitrogens with one attached hydrogen (secondary N) is 1. The lowest BCUT2D eigenvalue weighted by molar-refractivity contribution is 0.339. The van der Waals surface area contributed by atoms with Crippen molar-refractivity contribution in [2.75, 3.05) is 6.54 Å². The van der Waals surface area contributed by atoms with Crippen LogP contribution in [0.3, 0.4) is 0 Å². The second kappa shape index (κ2) is 5.88. The van der Waals surface area contributed by atoms with Crippen LogP contribution in [0.15, 0.2) is 24.3 Å². The van der Waals surface area contributed by atoms with Gasteiger partial charge in [0.05, 0.1) is 0 Å². The summed E-state index contributed by atoms with van der Waals surface area (Å²) in [6.07, 6.45) is 6.46. The SMILES string of the molecule is CCCC(C)(C)NCC1CCCc2ccccc21. The van der Waals surface area contributed by atoms with Crippen LogP contribution in [-0.2, 0) is 6.42 Å². The lowest BCUT2D eigenvalue weighted by atomic mass is 9.82. The van der Waals surface area contributed by atoms with E-state index in [-0.39, 0.29) is 5.54 Å². The van der Waals surface area contributed by atoms with Gasteiger partial charge in [-0.1, -0.05) is 37.6 Å². The molecular formula is C17H27N. The molecule has 1 heteroatoms. The Balaban J connectivity index is 1.99. The van der Waals surface area contributed by atoms with Gasteiger partial charge < -0.3 is 5.32 Å². The molecule has 1 unspecified atom stereocenters. The molecule has 1 atom stereocenters. The average molecular weight is 245 g/mol. The number of hydrogen-bond acceptors (Lipinski definition) is 1. The van der Waals surface area contributed by atoms with E-state index in [1.54, 1.807) is 11.1 Å². The molecule has 1 nitrogen and oxygen atoms in total. The highest BCUT2D eigenvalue weighted by Crippen LogP contribution is 2.31. The van der Waals surface area contributed by atoms with Gasteiger partial charge in [0.25, 0.3) is 0 Å². The van der Waals surface area contributed by atoms with Crippen LogP contribution >= 0.6 is 0 Å². The molecule has 0 heterocycles. The summed E-state index contributed by atoms with van der Waals surface area (Å²) >= 11 is 0. The van der Waals surface area contributed by atoms with Crippen molar-refractivity contribution >= 4 is 0 Å². The minimum Gasteiger partial charge on any atom is -0.311 e. The molecule has 1 aliphatic carbocycles. The zero-order chi connectivity index (χ0) is 13.0.